The fraction of sp³-hybridized carbons (Fsp3) is 0.0556. The van der Waals surface area contributed by atoms with Crippen LogP contribution >= 0.6 is 22.9 Å². The molecule has 0 bridgehead atoms. The minimum atomic E-state index is -0.500. The summed E-state index contributed by atoms with van der Waals surface area (Å²) in [6.45, 7) is 0.285. The van der Waals surface area contributed by atoms with Gasteiger partial charge in [-0.05, 0) is 29.8 Å². The molecule has 0 aliphatic carbocycles. The van der Waals surface area contributed by atoms with Crippen molar-refractivity contribution in [2.24, 2.45) is 5.73 Å². The number of halogens is 1. The van der Waals surface area contributed by atoms with Crippen molar-refractivity contribution in [2.75, 3.05) is 0 Å². The molecule has 0 saturated heterocycles. The van der Waals surface area contributed by atoms with Crippen LogP contribution in [0, 0.1) is 0 Å². The Bertz CT molecular complexity index is 922. The second-order valence-corrected chi connectivity index (χ2v) is 6.59. The molecule has 0 fully saturated rings. The Kier molecular flexibility index (Phi) is 5.11. The van der Waals surface area contributed by atoms with Gasteiger partial charge in [-0.15, -0.1) is 11.3 Å². The van der Waals surface area contributed by atoms with Gasteiger partial charge >= 0.3 is 0 Å². The molecule has 2 amide bonds. The zero-order valence-corrected chi connectivity index (χ0v) is 14.6. The van der Waals surface area contributed by atoms with Gasteiger partial charge in [0.05, 0.1) is 0 Å². The second kappa shape index (κ2) is 7.46. The molecular formula is C18H14ClN3O2S. The summed E-state index contributed by atoms with van der Waals surface area (Å²) in [5.41, 5.74) is 7.70. The van der Waals surface area contributed by atoms with Gasteiger partial charge in [-0.25, -0.2) is 4.98 Å². The van der Waals surface area contributed by atoms with E-state index in [1.165, 1.54) is 11.3 Å². The SMILES string of the molecule is NC(=O)c1cccc(CNC(=O)c2csc(-c3ccc(Cl)cc3)n2)c1. The molecule has 0 aliphatic rings. The molecule has 0 aliphatic heterocycles. The zero-order chi connectivity index (χ0) is 17.8. The lowest BCUT2D eigenvalue weighted by atomic mass is 10.1. The molecule has 1 heterocycles. The van der Waals surface area contributed by atoms with Crippen LogP contribution in [0.5, 0.6) is 0 Å². The van der Waals surface area contributed by atoms with E-state index < -0.39 is 5.91 Å². The summed E-state index contributed by atoms with van der Waals surface area (Å²) in [5, 5.41) is 5.89. The summed E-state index contributed by atoms with van der Waals surface area (Å²) in [6.07, 6.45) is 0. The minimum Gasteiger partial charge on any atom is -0.366 e. The van der Waals surface area contributed by atoms with Crippen LogP contribution < -0.4 is 11.1 Å². The number of nitrogens with zero attached hydrogens (tertiary/aromatic N) is 1. The van der Waals surface area contributed by atoms with E-state index in [2.05, 4.69) is 10.3 Å². The van der Waals surface area contributed by atoms with E-state index >= 15 is 0 Å². The van der Waals surface area contributed by atoms with Crippen molar-refractivity contribution in [1.82, 2.24) is 10.3 Å². The number of primary amides is 1. The number of hydrogen-bond acceptors (Lipinski definition) is 4. The summed E-state index contributed by atoms with van der Waals surface area (Å²) in [5.74, 6) is -0.777. The second-order valence-electron chi connectivity index (χ2n) is 5.29. The Hall–Kier alpha value is -2.70. The Morgan fingerprint density at radius 2 is 1.92 bits per heavy atom. The predicted octanol–water partition coefficient (Wildman–Crippen LogP) is 3.49. The first-order valence-corrected chi connectivity index (χ1v) is 8.67. The number of rotatable bonds is 5. The smallest absolute Gasteiger partial charge is 0.271 e. The highest BCUT2D eigenvalue weighted by molar-refractivity contribution is 7.13. The molecule has 3 aromatic rings. The Morgan fingerprint density at radius 1 is 1.16 bits per heavy atom. The molecule has 126 valence electrons. The van der Waals surface area contributed by atoms with Gasteiger partial charge in [0.15, 0.2) is 0 Å². The standard InChI is InChI=1S/C18H14ClN3O2S/c19-14-6-4-12(5-7-14)18-22-15(10-25-18)17(24)21-9-11-2-1-3-13(8-11)16(20)23/h1-8,10H,9H2,(H2,20,23)(H,21,24). The molecule has 0 spiro atoms. The lowest BCUT2D eigenvalue weighted by Crippen LogP contribution is -2.23. The van der Waals surface area contributed by atoms with Crippen molar-refractivity contribution in [3.05, 3.63) is 75.8 Å². The Labute approximate surface area is 153 Å². The summed E-state index contributed by atoms with van der Waals surface area (Å²) < 4.78 is 0. The molecule has 0 radical (unpaired) electrons. The summed E-state index contributed by atoms with van der Waals surface area (Å²) in [4.78, 5) is 27.8. The Balaban J connectivity index is 1.67. The van der Waals surface area contributed by atoms with Gasteiger partial charge in [0, 0.05) is 28.1 Å². The average Bonchev–Trinajstić information content (AvgIpc) is 3.10. The van der Waals surface area contributed by atoms with Crippen molar-refractivity contribution in [2.45, 2.75) is 6.54 Å². The van der Waals surface area contributed by atoms with E-state index in [0.717, 1.165) is 16.1 Å². The number of aromatic nitrogens is 1. The topological polar surface area (TPSA) is 85.1 Å². The number of thiazole rings is 1. The van der Waals surface area contributed by atoms with Crippen LogP contribution in [0.4, 0.5) is 0 Å². The van der Waals surface area contributed by atoms with Crippen molar-refractivity contribution < 1.29 is 9.59 Å². The monoisotopic (exact) mass is 371 g/mol. The van der Waals surface area contributed by atoms with E-state index in [-0.39, 0.29) is 12.5 Å². The lowest BCUT2D eigenvalue weighted by molar-refractivity contribution is 0.0946. The predicted molar refractivity (Wildman–Crippen MR) is 98.7 cm³/mol. The van der Waals surface area contributed by atoms with E-state index in [9.17, 15) is 9.59 Å². The highest BCUT2D eigenvalue weighted by Gasteiger charge is 2.12. The molecule has 25 heavy (non-hydrogen) atoms. The van der Waals surface area contributed by atoms with E-state index in [1.54, 1.807) is 35.7 Å². The number of nitrogens with two attached hydrogens (primary N) is 1. The van der Waals surface area contributed by atoms with Crippen molar-refractivity contribution in [3.8, 4) is 10.6 Å². The first-order valence-electron chi connectivity index (χ1n) is 7.41. The minimum absolute atomic E-state index is 0.277. The van der Waals surface area contributed by atoms with Crippen LogP contribution in [0.2, 0.25) is 5.02 Å². The molecule has 0 saturated carbocycles. The van der Waals surface area contributed by atoms with Crippen LogP contribution in [0.3, 0.4) is 0 Å². The van der Waals surface area contributed by atoms with Crippen molar-refractivity contribution in [1.29, 1.82) is 0 Å². The molecule has 7 heteroatoms. The first kappa shape index (κ1) is 17.1. The molecular weight excluding hydrogens is 358 g/mol. The number of nitrogens with one attached hydrogen (secondary N) is 1. The van der Waals surface area contributed by atoms with Gasteiger partial charge in [0.1, 0.15) is 10.7 Å². The highest BCUT2D eigenvalue weighted by Crippen LogP contribution is 2.25. The van der Waals surface area contributed by atoms with E-state index in [4.69, 9.17) is 17.3 Å². The fourth-order valence-corrected chi connectivity index (χ4v) is 3.14. The van der Waals surface area contributed by atoms with Gasteiger partial charge in [0.2, 0.25) is 5.91 Å². The highest BCUT2D eigenvalue weighted by atomic mass is 35.5. The molecule has 3 N–H and O–H groups in total. The average molecular weight is 372 g/mol. The van der Waals surface area contributed by atoms with Crippen LogP contribution in [-0.2, 0) is 6.54 Å². The summed E-state index contributed by atoms with van der Waals surface area (Å²) in [6, 6.07) is 14.1. The number of benzene rings is 2. The van der Waals surface area contributed by atoms with Gasteiger partial charge in [-0.3, -0.25) is 9.59 Å². The molecule has 3 rings (SSSR count). The van der Waals surface area contributed by atoms with Crippen LogP contribution in [0.15, 0.2) is 53.9 Å². The zero-order valence-electron chi connectivity index (χ0n) is 13.0. The lowest BCUT2D eigenvalue weighted by Gasteiger charge is -2.05. The number of carbonyl (C=O) groups excluding carboxylic acids is 2. The third kappa shape index (κ3) is 4.23. The van der Waals surface area contributed by atoms with Gasteiger partial charge < -0.3 is 11.1 Å². The fourth-order valence-electron chi connectivity index (χ4n) is 2.21. The van der Waals surface area contributed by atoms with Crippen LogP contribution in [-0.4, -0.2) is 16.8 Å². The van der Waals surface area contributed by atoms with E-state index in [1.807, 2.05) is 18.2 Å². The van der Waals surface area contributed by atoms with Crippen LogP contribution in [0.25, 0.3) is 10.6 Å². The van der Waals surface area contributed by atoms with Gasteiger partial charge in [0.25, 0.3) is 5.91 Å². The van der Waals surface area contributed by atoms with E-state index in [0.29, 0.717) is 16.3 Å². The van der Waals surface area contributed by atoms with Crippen molar-refractivity contribution >= 4 is 34.8 Å². The third-order valence-electron chi connectivity index (χ3n) is 3.49. The Morgan fingerprint density at radius 3 is 2.64 bits per heavy atom. The summed E-state index contributed by atoms with van der Waals surface area (Å²) >= 11 is 7.26. The molecule has 1 aromatic heterocycles. The maximum Gasteiger partial charge on any atom is 0.271 e. The molecule has 2 aromatic carbocycles. The molecule has 0 atom stereocenters. The quantitative estimate of drug-likeness (QED) is 0.719. The van der Waals surface area contributed by atoms with Gasteiger partial charge in [-0.2, -0.15) is 0 Å². The normalized spacial score (nSPS) is 10.4. The number of carbonyl (C=O) groups is 2. The maximum absolute atomic E-state index is 12.3. The maximum atomic E-state index is 12.3. The number of amides is 2. The van der Waals surface area contributed by atoms with Gasteiger partial charge in [-0.1, -0.05) is 35.9 Å². The largest absolute Gasteiger partial charge is 0.366 e. The first-order chi connectivity index (χ1) is 12.0. The summed E-state index contributed by atoms with van der Waals surface area (Å²) in [7, 11) is 0. The molecule has 5 nitrogen and oxygen atoms in total. The third-order valence-corrected chi connectivity index (χ3v) is 4.64. The van der Waals surface area contributed by atoms with Crippen LogP contribution in [0.1, 0.15) is 26.4 Å². The molecule has 0 unspecified atom stereocenters. The van der Waals surface area contributed by atoms with Crippen molar-refractivity contribution in [3.63, 3.8) is 0 Å². The number of hydrogen-bond donors (Lipinski definition) is 2.